The predicted octanol–water partition coefficient (Wildman–Crippen LogP) is 7.51. The Kier molecular flexibility index (Phi) is 12.5. The van der Waals surface area contributed by atoms with Gasteiger partial charge < -0.3 is 23.8 Å². The average molecular weight is 664 g/mol. The maximum atomic E-state index is 13.8. The van der Waals surface area contributed by atoms with Crippen molar-refractivity contribution in [3.63, 3.8) is 0 Å². The molecule has 0 saturated carbocycles. The number of unbranched alkanes of at least 4 members (excludes halogenated alkanes) is 1. The lowest BCUT2D eigenvalue weighted by molar-refractivity contribution is 0.0562. The first-order valence-electron chi connectivity index (χ1n) is 15.6. The largest absolute Gasteiger partial charge is 0.497 e. The Bertz CT molecular complexity index is 1580. The number of rotatable bonds is 10. The van der Waals surface area contributed by atoms with E-state index in [4.69, 9.17) is 18.9 Å². The SMILES string of the molecule is CCCCOC(=O)N(C(=O)OC(C)(C)C)c1nc(CN(C)C(=O)c2ccccc2)cc(N(C(=O)OC(C)(C)C)c2cccc(OC)c2)n1. The molecule has 0 atom stereocenters. The van der Waals surface area contributed by atoms with Gasteiger partial charge in [-0.05, 0) is 72.2 Å². The zero-order chi connectivity index (χ0) is 35.6. The lowest BCUT2D eigenvalue weighted by Gasteiger charge is -2.29. The second-order valence-electron chi connectivity index (χ2n) is 12.8. The smallest absolute Gasteiger partial charge is 0.427 e. The lowest BCUT2D eigenvalue weighted by Crippen LogP contribution is -2.43. The van der Waals surface area contributed by atoms with Crippen LogP contribution in [-0.4, -0.2) is 71.0 Å². The fraction of sp³-hybridized carbons (Fsp3) is 0.429. The summed E-state index contributed by atoms with van der Waals surface area (Å²) in [5.41, 5.74) is -0.960. The van der Waals surface area contributed by atoms with E-state index in [1.807, 2.05) is 6.92 Å². The van der Waals surface area contributed by atoms with Gasteiger partial charge in [-0.15, -0.1) is 4.90 Å². The number of ether oxygens (including phenoxy) is 4. The number of anilines is 3. The number of carbonyl (C=O) groups is 4. The highest BCUT2D eigenvalue weighted by Gasteiger charge is 2.35. The number of aromatic nitrogens is 2. The van der Waals surface area contributed by atoms with Crippen LogP contribution in [0.4, 0.5) is 31.8 Å². The molecule has 0 N–H and O–H groups in total. The Morgan fingerprint density at radius 1 is 0.792 bits per heavy atom. The summed E-state index contributed by atoms with van der Waals surface area (Å²) in [5.74, 6) is -0.362. The molecule has 0 aliphatic rings. The van der Waals surface area contributed by atoms with E-state index in [0.29, 0.717) is 28.3 Å². The van der Waals surface area contributed by atoms with Crippen molar-refractivity contribution < 1.29 is 38.1 Å². The maximum Gasteiger partial charge on any atom is 0.427 e. The number of amides is 4. The Balaban J connectivity index is 2.26. The molecule has 13 nitrogen and oxygen atoms in total. The molecule has 0 unspecified atom stereocenters. The van der Waals surface area contributed by atoms with Gasteiger partial charge in [-0.1, -0.05) is 37.6 Å². The summed E-state index contributed by atoms with van der Waals surface area (Å²) in [6.07, 6.45) is -1.68. The molecule has 0 bridgehead atoms. The Morgan fingerprint density at radius 3 is 2.04 bits per heavy atom. The van der Waals surface area contributed by atoms with Gasteiger partial charge in [0.1, 0.15) is 22.8 Å². The highest BCUT2D eigenvalue weighted by atomic mass is 16.6. The van der Waals surface area contributed by atoms with Crippen molar-refractivity contribution in [3.05, 3.63) is 71.9 Å². The molecule has 48 heavy (non-hydrogen) atoms. The molecule has 258 valence electrons. The Labute approximate surface area is 281 Å². The van der Waals surface area contributed by atoms with Crippen LogP contribution >= 0.6 is 0 Å². The standard InChI is InChI=1S/C35H45N5O8/c1-10-11-20-46-31(42)40(33(44)48-35(5,6)7)30-36-25(23-38(8)29(41)24-16-13-12-14-17-24)21-28(37-30)39(32(43)47-34(2,3)4)26-18-15-19-27(22-26)45-9/h12-19,21-22H,10-11,20,23H2,1-9H3. The third-order valence-electron chi connectivity index (χ3n) is 6.32. The summed E-state index contributed by atoms with van der Waals surface area (Å²) in [5, 5.41) is 0. The van der Waals surface area contributed by atoms with Crippen LogP contribution in [0.3, 0.4) is 0 Å². The minimum absolute atomic E-state index is 0.0311. The van der Waals surface area contributed by atoms with Crippen molar-refractivity contribution >= 4 is 41.6 Å². The molecule has 0 fully saturated rings. The molecular weight excluding hydrogens is 618 g/mol. The summed E-state index contributed by atoms with van der Waals surface area (Å²) in [6.45, 7) is 11.9. The van der Waals surface area contributed by atoms with Crippen LogP contribution in [0.25, 0.3) is 0 Å². The molecular formula is C35H45N5O8. The van der Waals surface area contributed by atoms with Gasteiger partial charge in [-0.3, -0.25) is 4.79 Å². The summed E-state index contributed by atoms with van der Waals surface area (Å²) in [6, 6.07) is 16.7. The number of imide groups is 1. The van der Waals surface area contributed by atoms with E-state index in [-0.39, 0.29) is 30.6 Å². The van der Waals surface area contributed by atoms with E-state index in [9.17, 15) is 19.2 Å². The highest BCUT2D eigenvalue weighted by molar-refractivity contribution is 6.08. The van der Waals surface area contributed by atoms with E-state index in [0.717, 1.165) is 11.3 Å². The third kappa shape index (κ3) is 10.7. The zero-order valence-corrected chi connectivity index (χ0v) is 29.1. The van der Waals surface area contributed by atoms with Crippen LogP contribution in [-0.2, 0) is 20.8 Å². The molecule has 0 saturated heterocycles. The van der Waals surface area contributed by atoms with Gasteiger partial charge in [0.25, 0.3) is 5.91 Å². The first-order chi connectivity index (χ1) is 22.5. The molecule has 0 radical (unpaired) electrons. The minimum atomic E-state index is -1.09. The zero-order valence-electron chi connectivity index (χ0n) is 29.1. The van der Waals surface area contributed by atoms with Crippen LogP contribution < -0.4 is 14.5 Å². The monoisotopic (exact) mass is 663 g/mol. The topological polar surface area (TPSA) is 141 Å². The third-order valence-corrected chi connectivity index (χ3v) is 6.32. The van der Waals surface area contributed by atoms with Gasteiger partial charge in [0, 0.05) is 24.7 Å². The van der Waals surface area contributed by atoms with Crippen molar-refractivity contribution in [2.45, 2.75) is 79.1 Å². The van der Waals surface area contributed by atoms with Crippen LogP contribution in [0, 0.1) is 0 Å². The van der Waals surface area contributed by atoms with Crippen molar-refractivity contribution in [2.24, 2.45) is 0 Å². The van der Waals surface area contributed by atoms with Crippen molar-refractivity contribution in [1.82, 2.24) is 14.9 Å². The van der Waals surface area contributed by atoms with E-state index in [1.54, 1.807) is 103 Å². The molecule has 2 aromatic carbocycles. The quantitative estimate of drug-likeness (QED) is 0.158. The van der Waals surface area contributed by atoms with E-state index < -0.39 is 35.4 Å². The van der Waals surface area contributed by atoms with Crippen LogP contribution in [0.2, 0.25) is 0 Å². The number of benzene rings is 2. The summed E-state index contributed by atoms with van der Waals surface area (Å²) in [7, 11) is 3.06. The van der Waals surface area contributed by atoms with Gasteiger partial charge in [-0.2, -0.15) is 4.98 Å². The lowest BCUT2D eigenvalue weighted by atomic mass is 10.2. The second kappa shape index (κ2) is 16.1. The molecule has 0 spiro atoms. The second-order valence-corrected chi connectivity index (χ2v) is 12.8. The molecule has 3 aromatic rings. The molecule has 13 heteroatoms. The number of hydrogen-bond donors (Lipinski definition) is 0. The van der Waals surface area contributed by atoms with Gasteiger partial charge >= 0.3 is 18.3 Å². The average Bonchev–Trinajstić information content (AvgIpc) is 2.99. The number of carbonyl (C=O) groups excluding carboxylic acids is 4. The minimum Gasteiger partial charge on any atom is -0.497 e. The predicted molar refractivity (Wildman–Crippen MR) is 181 cm³/mol. The van der Waals surface area contributed by atoms with Crippen LogP contribution in [0.1, 0.15) is 77.4 Å². The molecule has 1 aromatic heterocycles. The number of methoxy groups -OCH3 is 1. The first kappa shape index (κ1) is 37.3. The maximum absolute atomic E-state index is 13.8. The van der Waals surface area contributed by atoms with Gasteiger partial charge in [0.2, 0.25) is 5.95 Å². The highest BCUT2D eigenvalue weighted by Crippen LogP contribution is 2.31. The first-order valence-corrected chi connectivity index (χ1v) is 15.6. The molecule has 0 aliphatic heterocycles. The van der Waals surface area contributed by atoms with E-state index in [1.165, 1.54) is 18.1 Å². The van der Waals surface area contributed by atoms with E-state index in [2.05, 4.69) is 9.97 Å². The molecule has 4 amide bonds. The van der Waals surface area contributed by atoms with Crippen molar-refractivity contribution in [3.8, 4) is 5.75 Å². The normalized spacial score (nSPS) is 11.3. The van der Waals surface area contributed by atoms with Crippen LogP contribution in [0.5, 0.6) is 5.75 Å². The molecule has 3 rings (SSSR count). The van der Waals surface area contributed by atoms with Gasteiger partial charge in [0.15, 0.2) is 0 Å². The summed E-state index contributed by atoms with van der Waals surface area (Å²) in [4.78, 5) is 66.3. The van der Waals surface area contributed by atoms with Crippen molar-refractivity contribution in [2.75, 3.05) is 30.6 Å². The summed E-state index contributed by atoms with van der Waals surface area (Å²) >= 11 is 0. The Morgan fingerprint density at radius 2 is 1.44 bits per heavy atom. The fourth-order valence-electron chi connectivity index (χ4n) is 4.18. The Hall–Kier alpha value is -5.20. The van der Waals surface area contributed by atoms with Crippen LogP contribution in [0.15, 0.2) is 60.7 Å². The van der Waals surface area contributed by atoms with E-state index >= 15 is 0 Å². The fourth-order valence-corrected chi connectivity index (χ4v) is 4.18. The van der Waals surface area contributed by atoms with Gasteiger partial charge in [-0.25, -0.2) is 24.3 Å². The van der Waals surface area contributed by atoms with Gasteiger partial charge in [0.05, 0.1) is 31.6 Å². The number of hydrogen-bond acceptors (Lipinski definition) is 10. The number of nitrogens with zero attached hydrogens (tertiary/aromatic N) is 5. The molecule has 1 heterocycles. The summed E-state index contributed by atoms with van der Waals surface area (Å²) < 4.78 is 22.1. The molecule has 0 aliphatic carbocycles. The van der Waals surface area contributed by atoms with Crippen molar-refractivity contribution in [1.29, 1.82) is 0 Å².